The lowest BCUT2D eigenvalue weighted by molar-refractivity contribution is -0.131. The fourth-order valence-electron chi connectivity index (χ4n) is 2.39. The minimum Gasteiger partial charge on any atom is -0.489 e. The summed E-state index contributed by atoms with van der Waals surface area (Å²) in [6.07, 6.45) is 1.20. The molecule has 1 saturated heterocycles. The standard InChI is InChI=1S/C19H20N2O3S/c1-23-18(15-7-3-2-4-8-15)19(22)21-20-11-14-6-5-9-16(10-14)24-17-12-25-13-17/h2-11,17-18H,12-13H2,1H3,(H,21,22)/b20-11-/t18-/m0/s1. The van der Waals surface area contributed by atoms with Crippen molar-refractivity contribution in [1.29, 1.82) is 0 Å². The minimum atomic E-state index is -0.691. The molecule has 1 fully saturated rings. The third-order valence-corrected chi connectivity index (χ3v) is 4.95. The quantitative estimate of drug-likeness (QED) is 0.612. The van der Waals surface area contributed by atoms with E-state index in [1.807, 2.05) is 66.4 Å². The van der Waals surface area contributed by atoms with Crippen LogP contribution in [0.3, 0.4) is 0 Å². The molecule has 1 amide bonds. The first-order chi connectivity index (χ1) is 12.3. The molecule has 1 heterocycles. The van der Waals surface area contributed by atoms with Gasteiger partial charge in [-0.25, -0.2) is 5.43 Å². The number of carbonyl (C=O) groups is 1. The van der Waals surface area contributed by atoms with Crippen molar-refractivity contribution in [3.05, 3.63) is 65.7 Å². The van der Waals surface area contributed by atoms with Gasteiger partial charge in [0.05, 0.1) is 6.21 Å². The number of carbonyl (C=O) groups excluding carboxylic acids is 1. The first-order valence-electron chi connectivity index (χ1n) is 8.01. The van der Waals surface area contributed by atoms with Gasteiger partial charge < -0.3 is 9.47 Å². The van der Waals surface area contributed by atoms with Gasteiger partial charge in [-0.05, 0) is 23.3 Å². The van der Waals surface area contributed by atoms with E-state index in [-0.39, 0.29) is 5.91 Å². The van der Waals surface area contributed by atoms with Crippen molar-refractivity contribution in [2.24, 2.45) is 5.10 Å². The van der Waals surface area contributed by atoms with Gasteiger partial charge in [-0.1, -0.05) is 42.5 Å². The van der Waals surface area contributed by atoms with Gasteiger partial charge in [0.2, 0.25) is 0 Å². The maximum Gasteiger partial charge on any atom is 0.273 e. The Morgan fingerprint density at radius 3 is 2.72 bits per heavy atom. The molecule has 0 aromatic heterocycles. The second-order valence-corrected chi connectivity index (χ2v) is 6.69. The van der Waals surface area contributed by atoms with E-state index >= 15 is 0 Å². The number of methoxy groups -OCH3 is 1. The van der Waals surface area contributed by atoms with Crippen LogP contribution >= 0.6 is 11.8 Å². The number of nitrogens with one attached hydrogen (secondary N) is 1. The predicted octanol–water partition coefficient (Wildman–Crippen LogP) is 3.02. The average Bonchev–Trinajstić information content (AvgIpc) is 2.60. The van der Waals surface area contributed by atoms with Gasteiger partial charge in [0.15, 0.2) is 6.10 Å². The second kappa shape index (κ2) is 8.69. The Morgan fingerprint density at radius 2 is 2.04 bits per heavy atom. The van der Waals surface area contributed by atoms with Gasteiger partial charge >= 0.3 is 0 Å². The highest BCUT2D eigenvalue weighted by molar-refractivity contribution is 8.00. The lowest BCUT2D eigenvalue weighted by atomic mass is 10.1. The van der Waals surface area contributed by atoms with Crippen molar-refractivity contribution in [3.8, 4) is 5.75 Å². The largest absolute Gasteiger partial charge is 0.489 e. The predicted molar refractivity (Wildman–Crippen MR) is 100 cm³/mol. The molecule has 1 aliphatic rings. The molecule has 6 heteroatoms. The van der Waals surface area contributed by atoms with Crippen LogP contribution in [0.1, 0.15) is 17.2 Å². The molecule has 1 N–H and O–H groups in total. The van der Waals surface area contributed by atoms with Crippen LogP contribution in [0, 0.1) is 0 Å². The van der Waals surface area contributed by atoms with E-state index in [2.05, 4.69) is 10.5 Å². The Labute approximate surface area is 151 Å². The topological polar surface area (TPSA) is 59.9 Å². The summed E-state index contributed by atoms with van der Waals surface area (Å²) in [5.41, 5.74) is 4.17. The van der Waals surface area contributed by atoms with Gasteiger partial charge in [0.25, 0.3) is 5.91 Å². The van der Waals surface area contributed by atoms with E-state index in [1.54, 1.807) is 6.21 Å². The number of hydrazone groups is 1. The summed E-state index contributed by atoms with van der Waals surface area (Å²) in [5, 5.41) is 4.03. The highest BCUT2D eigenvalue weighted by atomic mass is 32.2. The number of hydrogen-bond acceptors (Lipinski definition) is 5. The molecule has 2 aromatic rings. The number of rotatable bonds is 7. The molecule has 0 radical (unpaired) electrons. The SMILES string of the molecule is CO[C@H](C(=O)N/N=C\c1cccc(OC2CSC2)c1)c1ccccc1. The lowest BCUT2D eigenvalue weighted by Gasteiger charge is -2.25. The molecule has 1 atom stereocenters. The van der Waals surface area contributed by atoms with Crippen LogP contribution < -0.4 is 10.2 Å². The summed E-state index contributed by atoms with van der Waals surface area (Å²) in [5.74, 6) is 2.57. The van der Waals surface area contributed by atoms with Crippen LogP contribution in [0.2, 0.25) is 0 Å². The molecular formula is C19H20N2O3S. The fraction of sp³-hybridized carbons (Fsp3) is 0.263. The highest BCUT2D eigenvalue weighted by Gasteiger charge is 2.20. The summed E-state index contributed by atoms with van der Waals surface area (Å²) in [4.78, 5) is 12.2. The Kier molecular flexibility index (Phi) is 6.09. The molecule has 0 spiro atoms. The summed E-state index contributed by atoms with van der Waals surface area (Å²) >= 11 is 1.88. The number of nitrogens with zero attached hydrogens (tertiary/aromatic N) is 1. The Morgan fingerprint density at radius 1 is 1.24 bits per heavy atom. The van der Waals surface area contributed by atoms with Crippen molar-refractivity contribution in [3.63, 3.8) is 0 Å². The molecule has 0 unspecified atom stereocenters. The van der Waals surface area contributed by atoms with E-state index in [0.717, 1.165) is 28.4 Å². The molecule has 1 aliphatic heterocycles. The first-order valence-corrected chi connectivity index (χ1v) is 9.17. The lowest BCUT2D eigenvalue weighted by Crippen LogP contribution is -2.31. The van der Waals surface area contributed by atoms with Gasteiger partial charge in [0, 0.05) is 18.6 Å². The fourth-order valence-corrected chi connectivity index (χ4v) is 2.96. The number of hydrogen-bond donors (Lipinski definition) is 1. The maximum absolute atomic E-state index is 12.2. The summed E-state index contributed by atoms with van der Waals surface area (Å²) in [6, 6.07) is 17.0. The Balaban J connectivity index is 1.58. The van der Waals surface area contributed by atoms with Crippen molar-refractivity contribution >= 4 is 23.9 Å². The average molecular weight is 356 g/mol. The summed E-state index contributed by atoms with van der Waals surface area (Å²) in [6.45, 7) is 0. The Hall–Kier alpha value is -2.31. The van der Waals surface area contributed by atoms with Crippen LogP contribution in [-0.4, -0.2) is 36.8 Å². The zero-order valence-corrected chi connectivity index (χ0v) is 14.7. The monoisotopic (exact) mass is 356 g/mol. The number of thioether (sulfide) groups is 1. The van der Waals surface area contributed by atoms with E-state index in [0.29, 0.717) is 6.10 Å². The molecule has 2 aromatic carbocycles. The minimum absolute atomic E-state index is 0.297. The van der Waals surface area contributed by atoms with Crippen molar-refractivity contribution in [2.75, 3.05) is 18.6 Å². The number of benzene rings is 2. The van der Waals surface area contributed by atoms with E-state index in [1.165, 1.54) is 7.11 Å². The van der Waals surface area contributed by atoms with Gasteiger partial charge in [0.1, 0.15) is 11.9 Å². The molecule has 0 aliphatic carbocycles. The van der Waals surface area contributed by atoms with Crippen LogP contribution in [-0.2, 0) is 9.53 Å². The molecule has 5 nitrogen and oxygen atoms in total. The second-order valence-electron chi connectivity index (χ2n) is 5.61. The van der Waals surface area contributed by atoms with Crippen molar-refractivity contribution in [1.82, 2.24) is 5.43 Å². The highest BCUT2D eigenvalue weighted by Crippen LogP contribution is 2.24. The normalized spacial score (nSPS) is 15.6. The number of amides is 1. The molecule has 25 heavy (non-hydrogen) atoms. The smallest absolute Gasteiger partial charge is 0.273 e. The molecular weight excluding hydrogens is 336 g/mol. The molecule has 130 valence electrons. The van der Waals surface area contributed by atoms with Crippen LogP contribution in [0.25, 0.3) is 0 Å². The van der Waals surface area contributed by atoms with Crippen LogP contribution in [0.15, 0.2) is 59.7 Å². The zero-order valence-electron chi connectivity index (χ0n) is 13.9. The summed E-state index contributed by atoms with van der Waals surface area (Å²) < 4.78 is 11.1. The first kappa shape index (κ1) is 17.5. The third-order valence-electron chi connectivity index (χ3n) is 3.73. The molecule has 0 bridgehead atoms. The maximum atomic E-state index is 12.2. The van der Waals surface area contributed by atoms with E-state index in [9.17, 15) is 4.79 Å². The van der Waals surface area contributed by atoms with E-state index in [4.69, 9.17) is 9.47 Å². The zero-order chi connectivity index (χ0) is 17.5. The van der Waals surface area contributed by atoms with Crippen molar-refractivity contribution in [2.45, 2.75) is 12.2 Å². The van der Waals surface area contributed by atoms with E-state index < -0.39 is 6.10 Å². The van der Waals surface area contributed by atoms with Crippen molar-refractivity contribution < 1.29 is 14.3 Å². The molecule has 0 saturated carbocycles. The Bertz CT molecular complexity index is 732. The van der Waals surface area contributed by atoms with Gasteiger partial charge in [-0.2, -0.15) is 16.9 Å². The van der Waals surface area contributed by atoms with Crippen LogP contribution in [0.4, 0.5) is 0 Å². The van der Waals surface area contributed by atoms with Gasteiger partial charge in [-0.15, -0.1) is 0 Å². The summed E-state index contributed by atoms with van der Waals surface area (Å²) in [7, 11) is 1.50. The van der Waals surface area contributed by atoms with Crippen LogP contribution in [0.5, 0.6) is 5.75 Å². The number of ether oxygens (including phenoxy) is 2. The molecule has 3 rings (SSSR count). The third kappa shape index (κ3) is 4.84. The van der Waals surface area contributed by atoms with Gasteiger partial charge in [-0.3, -0.25) is 4.79 Å².